The summed E-state index contributed by atoms with van der Waals surface area (Å²) in [5, 5.41) is 9.30. The number of carbonyl (C=O) groups excluding carboxylic acids is 1. The minimum absolute atomic E-state index is 0.00317. The first kappa shape index (κ1) is 15.2. The molecule has 1 aromatic rings. The van der Waals surface area contributed by atoms with E-state index in [4.69, 9.17) is 4.74 Å². The highest BCUT2D eigenvalue weighted by atomic mass is 16.5. The fraction of sp³-hybridized carbons (Fsp3) is 0.562. The molecule has 1 aliphatic rings. The van der Waals surface area contributed by atoms with E-state index in [9.17, 15) is 9.90 Å². The number of hydrogen-bond donors (Lipinski definition) is 1. The van der Waals surface area contributed by atoms with Crippen LogP contribution in [0, 0.1) is 0 Å². The molecule has 4 nitrogen and oxygen atoms in total. The van der Waals surface area contributed by atoms with Crippen LogP contribution in [0.5, 0.6) is 0 Å². The predicted octanol–water partition coefficient (Wildman–Crippen LogP) is 1.73. The summed E-state index contributed by atoms with van der Waals surface area (Å²) in [5.74, 6) is 0.152. The molecule has 4 heteroatoms. The van der Waals surface area contributed by atoms with Crippen LogP contribution < -0.4 is 0 Å². The Morgan fingerprint density at radius 2 is 2.10 bits per heavy atom. The molecule has 0 amide bonds. The molecular formula is C16H23NO3. The third kappa shape index (κ3) is 3.45. The highest BCUT2D eigenvalue weighted by Gasteiger charge is 2.32. The van der Waals surface area contributed by atoms with Gasteiger partial charge in [-0.2, -0.15) is 0 Å². The summed E-state index contributed by atoms with van der Waals surface area (Å²) in [7, 11) is 0. The Kier molecular flexibility index (Phi) is 5.29. The Morgan fingerprint density at radius 3 is 2.70 bits per heavy atom. The molecule has 3 atom stereocenters. The molecule has 0 aromatic heterocycles. The van der Waals surface area contributed by atoms with Gasteiger partial charge >= 0.3 is 0 Å². The molecule has 0 spiro atoms. The average Bonchev–Trinajstić information content (AvgIpc) is 2.48. The summed E-state index contributed by atoms with van der Waals surface area (Å²) in [5.41, 5.74) is 0.749. The summed E-state index contributed by atoms with van der Waals surface area (Å²) in [6, 6.07) is 9.27. The van der Waals surface area contributed by atoms with E-state index in [0.29, 0.717) is 6.54 Å². The SMILES string of the molecule is CCC(C(=O)c1ccccc1)N1CC(C)OC(CO)C1. The van der Waals surface area contributed by atoms with Gasteiger partial charge in [0, 0.05) is 18.7 Å². The van der Waals surface area contributed by atoms with Crippen molar-refractivity contribution < 1.29 is 14.6 Å². The number of benzene rings is 1. The van der Waals surface area contributed by atoms with E-state index >= 15 is 0 Å². The predicted molar refractivity (Wildman–Crippen MR) is 77.8 cm³/mol. The first-order valence-electron chi connectivity index (χ1n) is 7.25. The van der Waals surface area contributed by atoms with Gasteiger partial charge in [0.2, 0.25) is 0 Å². The van der Waals surface area contributed by atoms with E-state index in [1.54, 1.807) is 0 Å². The summed E-state index contributed by atoms with van der Waals surface area (Å²) >= 11 is 0. The van der Waals surface area contributed by atoms with Gasteiger partial charge in [-0.25, -0.2) is 0 Å². The maximum Gasteiger partial charge on any atom is 0.179 e. The quantitative estimate of drug-likeness (QED) is 0.833. The zero-order valence-electron chi connectivity index (χ0n) is 12.2. The molecule has 2 rings (SSSR count). The lowest BCUT2D eigenvalue weighted by Gasteiger charge is -2.39. The van der Waals surface area contributed by atoms with Crippen LogP contribution in [0.25, 0.3) is 0 Å². The van der Waals surface area contributed by atoms with E-state index in [0.717, 1.165) is 18.5 Å². The third-order valence-electron chi connectivity index (χ3n) is 3.75. The Labute approximate surface area is 120 Å². The number of ketones is 1. The van der Waals surface area contributed by atoms with Crippen LogP contribution in [-0.2, 0) is 4.74 Å². The summed E-state index contributed by atoms with van der Waals surface area (Å²) < 4.78 is 5.64. The minimum Gasteiger partial charge on any atom is -0.394 e. The zero-order valence-corrected chi connectivity index (χ0v) is 12.2. The van der Waals surface area contributed by atoms with Gasteiger partial charge < -0.3 is 9.84 Å². The Hall–Kier alpha value is -1.23. The van der Waals surface area contributed by atoms with E-state index in [1.807, 2.05) is 44.2 Å². The zero-order chi connectivity index (χ0) is 14.5. The van der Waals surface area contributed by atoms with E-state index in [2.05, 4.69) is 4.90 Å². The van der Waals surface area contributed by atoms with Crippen molar-refractivity contribution in [3.05, 3.63) is 35.9 Å². The fourth-order valence-electron chi connectivity index (χ4n) is 2.84. The maximum absolute atomic E-state index is 12.6. The van der Waals surface area contributed by atoms with Crippen LogP contribution in [0.4, 0.5) is 0 Å². The number of ether oxygens (including phenoxy) is 1. The molecule has 20 heavy (non-hydrogen) atoms. The lowest BCUT2D eigenvalue weighted by molar-refractivity contribution is -0.102. The monoisotopic (exact) mass is 277 g/mol. The number of carbonyl (C=O) groups is 1. The van der Waals surface area contributed by atoms with Gasteiger partial charge in [-0.05, 0) is 13.3 Å². The summed E-state index contributed by atoms with van der Waals surface area (Å²) in [6.45, 7) is 5.34. The smallest absolute Gasteiger partial charge is 0.179 e. The molecule has 1 heterocycles. The molecule has 1 saturated heterocycles. The highest BCUT2D eigenvalue weighted by molar-refractivity contribution is 6.00. The first-order valence-corrected chi connectivity index (χ1v) is 7.25. The van der Waals surface area contributed by atoms with Crippen molar-refractivity contribution in [3.8, 4) is 0 Å². The molecule has 3 unspecified atom stereocenters. The molecule has 1 aromatic carbocycles. The van der Waals surface area contributed by atoms with E-state index in [1.165, 1.54) is 0 Å². The molecule has 0 aliphatic carbocycles. The normalized spacial score (nSPS) is 25.4. The number of rotatable bonds is 5. The van der Waals surface area contributed by atoms with Crippen molar-refractivity contribution in [3.63, 3.8) is 0 Å². The number of morpholine rings is 1. The largest absolute Gasteiger partial charge is 0.394 e. The van der Waals surface area contributed by atoms with Crippen molar-refractivity contribution in [2.24, 2.45) is 0 Å². The van der Waals surface area contributed by atoms with E-state index in [-0.39, 0.29) is 30.6 Å². The number of hydrogen-bond acceptors (Lipinski definition) is 4. The van der Waals surface area contributed by atoms with Crippen molar-refractivity contribution >= 4 is 5.78 Å². The second-order valence-electron chi connectivity index (χ2n) is 5.36. The lowest BCUT2D eigenvalue weighted by Crippen LogP contribution is -2.54. The highest BCUT2D eigenvalue weighted by Crippen LogP contribution is 2.18. The van der Waals surface area contributed by atoms with Gasteiger partial charge in [-0.1, -0.05) is 37.3 Å². The fourth-order valence-corrected chi connectivity index (χ4v) is 2.84. The van der Waals surface area contributed by atoms with Crippen molar-refractivity contribution in [1.29, 1.82) is 0 Å². The minimum atomic E-state index is -0.198. The van der Waals surface area contributed by atoms with Gasteiger partial charge in [0.1, 0.15) is 0 Å². The van der Waals surface area contributed by atoms with Gasteiger partial charge in [0.05, 0.1) is 24.9 Å². The van der Waals surface area contributed by atoms with Crippen LogP contribution in [0.15, 0.2) is 30.3 Å². The second-order valence-corrected chi connectivity index (χ2v) is 5.36. The molecule has 1 N–H and O–H groups in total. The van der Waals surface area contributed by atoms with Crippen LogP contribution in [0.1, 0.15) is 30.6 Å². The molecule has 0 bridgehead atoms. The summed E-state index contributed by atoms with van der Waals surface area (Å²) in [6.07, 6.45) is 0.605. The van der Waals surface area contributed by atoms with Crippen LogP contribution in [-0.4, -0.2) is 53.7 Å². The molecule has 1 aliphatic heterocycles. The molecule has 1 fully saturated rings. The lowest BCUT2D eigenvalue weighted by atomic mass is 9.99. The van der Waals surface area contributed by atoms with Crippen LogP contribution in [0.3, 0.4) is 0 Å². The second kappa shape index (κ2) is 6.97. The number of nitrogens with zero attached hydrogens (tertiary/aromatic N) is 1. The van der Waals surface area contributed by atoms with E-state index < -0.39 is 0 Å². The molecular weight excluding hydrogens is 254 g/mol. The molecule has 0 saturated carbocycles. The van der Waals surface area contributed by atoms with Gasteiger partial charge in [-0.3, -0.25) is 9.69 Å². The third-order valence-corrected chi connectivity index (χ3v) is 3.75. The number of aliphatic hydroxyl groups excluding tert-OH is 1. The van der Waals surface area contributed by atoms with Gasteiger partial charge in [0.15, 0.2) is 5.78 Å². The van der Waals surface area contributed by atoms with Crippen LogP contribution in [0.2, 0.25) is 0 Å². The van der Waals surface area contributed by atoms with Crippen molar-refractivity contribution in [2.75, 3.05) is 19.7 Å². The maximum atomic E-state index is 12.6. The van der Waals surface area contributed by atoms with Gasteiger partial charge in [-0.15, -0.1) is 0 Å². The molecule has 0 radical (unpaired) electrons. The Balaban J connectivity index is 2.13. The standard InChI is InChI=1S/C16H23NO3/c1-3-15(16(19)13-7-5-4-6-8-13)17-9-12(2)20-14(10-17)11-18/h4-8,12,14-15,18H,3,9-11H2,1-2H3. The van der Waals surface area contributed by atoms with Crippen molar-refractivity contribution in [2.45, 2.75) is 38.5 Å². The number of Topliss-reactive ketones (excluding diaryl/α,β-unsaturated/α-hetero) is 1. The van der Waals surface area contributed by atoms with Gasteiger partial charge in [0.25, 0.3) is 0 Å². The summed E-state index contributed by atoms with van der Waals surface area (Å²) in [4.78, 5) is 14.8. The number of aliphatic hydroxyl groups is 1. The molecule has 110 valence electrons. The van der Waals surface area contributed by atoms with Crippen molar-refractivity contribution in [1.82, 2.24) is 4.90 Å². The topological polar surface area (TPSA) is 49.8 Å². The Morgan fingerprint density at radius 1 is 1.40 bits per heavy atom. The average molecular weight is 277 g/mol. The van der Waals surface area contributed by atoms with Crippen LogP contribution >= 0.6 is 0 Å². The Bertz CT molecular complexity index is 435. The first-order chi connectivity index (χ1) is 9.65.